The van der Waals surface area contributed by atoms with E-state index in [2.05, 4.69) is 0 Å². The lowest BCUT2D eigenvalue weighted by molar-refractivity contribution is -0.152. The van der Waals surface area contributed by atoms with E-state index in [1.54, 1.807) is 27.7 Å². The molecule has 1 fully saturated rings. The van der Waals surface area contributed by atoms with E-state index in [0.29, 0.717) is 19.4 Å². The summed E-state index contributed by atoms with van der Waals surface area (Å²) in [5.41, 5.74) is -0.608. The van der Waals surface area contributed by atoms with E-state index in [1.807, 2.05) is 0 Å². The van der Waals surface area contributed by atoms with Gasteiger partial charge in [0.05, 0.1) is 6.61 Å². The molecule has 1 amide bonds. The lowest BCUT2D eigenvalue weighted by Gasteiger charge is -2.30. The van der Waals surface area contributed by atoms with Crippen LogP contribution in [-0.2, 0) is 19.1 Å². The highest BCUT2D eigenvalue weighted by Crippen LogP contribution is 2.18. The SMILES string of the molecule is CCOC(=O)C1CN(C(=O)OC(C)(C)C)CCCCC1=O. The van der Waals surface area contributed by atoms with Crippen LogP contribution in [0.2, 0.25) is 0 Å². The third kappa shape index (κ3) is 5.73. The molecule has 1 heterocycles. The normalized spacial score (nSPS) is 20.5. The van der Waals surface area contributed by atoms with Crippen molar-refractivity contribution in [1.29, 1.82) is 0 Å². The van der Waals surface area contributed by atoms with Gasteiger partial charge in [-0.3, -0.25) is 9.59 Å². The van der Waals surface area contributed by atoms with E-state index in [9.17, 15) is 14.4 Å². The molecule has 0 aliphatic carbocycles. The topological polar surface area (TPSA) is 72.9 Å². The van der Waals surface area contributed by atoms with Gasteiger partial charge < -0.3 is 14.4 Å². The maximum Gasteiger partial charge on any atom is 0.410 e. The van der Waals surface area contributed by atoms with E-state index in [4.69, 9.17) is 9.47 Å². The van der Waals surface area contributed by atoms with Gasteiger partial charge in [-0.05, 0) is 40.5 Å². The van der Waals surface area contributed by atoms with Gasteiger partial charge in [0.25, 0.3) is 0 Å². The zero-order valence-corrected chi connectivity index (χ0v) is 13.3. The Morgan fingerprint density at radius 1 is 1.29 bits per heavy atom. The first-order chi connectivity index (χ1) is 9.74. The molecule has 0 aromatic carbocycles. The molecular weight excluding hydrogens is 274 g/mol. The van der Waals surface area contributed by atoms with Crippen molar-refractivity contribution >= 4 is 17.8 Å². The van der Waals surface area contributed by atoms with Gasteiger partial charge in [-0.1, -0.05) is 0 Å². The lowest BCUT2D eigenvalue weighted by Crippen LogP contribution is -2.45. The Morgan fingerprint density at radius 3 is 2.52 bits per heavy atom. The highest BCUT2D eigenvalue weighted by Gasteiger charge is 2.34. The quantitative estimate of drug-likeness (QED) is 0.577. The number of carbonyl (C=O) groups excluding carboxylic acids is 3. The smallest absolute Gasteiger partial charge is 0.410 e. The van der Waals surface area contributed by atoms with Crippen molar-refractivity contribution in [2.75, 3.05) is 19.7 Å². The molecule has 6 heteroatoms. The fraction of sp³-hybridized carbons (Fsp3) is 0.800. The molecule has 6 nitrogen and oxygen atoms in total. The van der Waals surface area contributed by atoms with Crippen molar-refractivity contribution in [3.8, 4) is 0 Å². The van der Waals surface area contributed by atoms with Gasteiger partial charge in [-0.25, -0.2) is 4.79 Å². The highest BCUT2D eigenvalue weighted by molar-refractivity contribution is 5.99. The van der Waals surface area contributed by atoms with Gasteiger partial charge in [0, 0.05) is 19.5 Å². The number of esters is 1. The largest absolute Gasteiger partial charge is 0.465 e. The Morgan fingerprint density at radius 2 is 1.95 bits per heavy atom. The van der Waals surface area contributed by atoms with Gasteiger partial charge in [0.15, 0.2) is 0 Å². The van der Waals surface area contributed by atoms with Gasteiger partial charge in [-0.15, -0.1) is 0 Å². The van der Waals surface area contributed by atoms with Crippen LogP contribution in [0.5, 0.6) is 0 Å². The minimum Gasteiger partial charge on any atom is -0.465 e. The zero-order chi connectivity index (χ0) is 16.0. The molecule has 1 aliphatic heterocycles. The average Bonchev–Trinajstić information content (AvgIpc) is 2.32. The second-order valence-electron chi connectivity index (χ2n) is 6.15. The predicted octanol–water partition coefficient (Wildman–Crippen LogP) is 2.16. The van der Waals surface area contributed by atoms with Crippen molar-refractivity contribution in [3.63, 3.8) is 0 Å². The maximum atomic E-state index is 12.2. The molecule has 1 atom stereocenters. The Bertz CT molecular complexity index is 391. The molecule has 120 valence electrons. The average molecular weight is 299 g/mol. The molecule has 1 rings (SSSR count). The summed E-state index contributed by atoms with van der Waals surface area (Å²) in [5.74, 6) is -1.63. The molecule has 0 spiro atoms. The van der Waals surface area contributed by atoms with Crippen LogP contribution < -0.4 is 0 Å². The van der Waals surface area contributed by atoms with Crippen LogP contribution in [0.25, 0.3) is 0 Å². The molecule has 0 saturated carbocycles. The Kier molecular flexibility index (Phi) is 6.18. The summed E-state index contributed by atoms with van der Waals surface area (Å²) < 4.78 is 10.3. The number of amides is 1. The first-order valence-electron chi connectivity index (χ1n) is 7.42. The summed E-state index contributed by atoms with van der Waals surface area (Å²) >= 11 is 0. The molecule has 0 radical (unpaired) electrons. The molecule has 21 heavy (non-hydrogen) atoms. The number of hydrogen-bond donors (Lipinski definition) is 0. The third-order valence-corrected chi connectivity index (χ3v) is 3.12. The van der Waals surface area contributed by atoms with Crippen LogP contribution in [0.15, 0.2) is 0 Å². The molecular formula is C15H25NO5. The van der Waals surface area contributed by atoms with Crippen molar-refractivity contribution < 1.29 is 23.9 Å². The van der Waals surface area contributed by atoms with Crippen molar-refractivity contribution in [3.05, 3.63) is 0 Å². The van der Waals surface area contributed by atoms with E-state index in [1.165, 1.54) is 4.90 Å². The molecule has 1 unspecified atom stereocenters. The third-order valence-electron chi connectivity index (χ3n) is 3.12. The van der Waals surface area contributed by atoms with Crippen molar-refractivity contribution in [2.24, 2.45) is 5.92 Å². The van der Waals surface area contributed by atoms with Crippen LogP contribution in [0.3, 0.4) is 0 Å². The Balaban J connectivity index is 2.81. The number of carbonyl (C=O) groups is 3. The predicted molar refractivity (Wildman–Crippen MR) is 76.8 cm³/mol. The highest BCUT2D eigenvalue weighted by atomic mass is 16.6. The van der Waals surface area contributed by atoms with E-state index >= 15 is 0 Å². The maximum absolute atomic E-state index is 12.2. The van der Waals surface area contributed by atoms with Gasteiger partial charge in [0.2, 0.25) is 0 Å². The first kappa shape index (κ1) is 17.5. The minimum atomic E-state index is -0.905. The summed E-state index contributed by atoms with van der Waals surface area (Å²) in [6, 6.07) is 0. The molecule has 0 N–H and O–H groups in total. The van der Waals surface area contributed by atoms with Crippen LogP contribution in [0, 0.1) is 5.92 Å². The molecule has 0 bridgehead atoms. The second-order valence-corrected chi connectivity index (χ2v) is 6.15. The van der Waals surface area contributed by atoms with Crippen molar-refractivity contribution in [1.82, 2.24) is 4.90 Å². The van der Waals surface area contributed by atoms with Crippen molar-refractivity contribution in [2.45, 2.75) is 52.6 Å². The van der Waals surface area contributed by atoms with E-state index in [-0.39, 0.29) is 18.9 Å². The number of ether oxygens (including phenoxy) is 2. The summed E-state index contributed by atoms with van der Waals surface area (Å²) in [6.07, 6.45) is 1.24. The number of hydrogen-bond acceptors (Lipinski definition) is 5. The number of rotatable bonds is 2. The number of Topliss-reactive ketones (excluding diaryl/α,β-unsaturated/α-hetero) is 1. The zero-order valence-electron chi connectivity index (χ0n) is 13.3. The number of likely N-dealkylation sites (tertiary alicyclic amines) is 1. The Hall–Kier alpha value is -1.59. The van der Waals surface area contributed by atoms with Gasteiger partial charge >= 0.3 is 12.1 Å². The fourth-order valence-electron chi connectivity index (χ4n) is 2.13. The minimum absolute atomic E-state index is 0.0343. The number of nitrogens with zero attached hydrogens (tertiary/aromatic N) is 1. The Labute approximate surface area is 125 Å². The summed E-state index contributed by atoms with van der Waals surface area (Å²) in [6.45, 7) is 7.77. The van der Waals surface area contributed by atoms with Crippen LogP contribution in [0.4, 0.5) is 4.79 Å². The van der Waals surface area contributed by atoms with Gasteiger partial charge in [0.1, 0.15) is 17.3 Å². The first-order valence-corrected chi connectivity index (χ1v) is 7.42. The fourth-order valence-corrected chi connectivity index (χ4v) is 2.13. The summed E-state index contributed by atoms with van der Waals surface area (Å²) in [4.78, 5) is 37.5. The summed E-state index contributed by atoms with van der Waals surface area (Å²) in [7, 11) is 0. The number of ketones is 1. The van der Waals surface area contributed by atoms with E-state index in [0.717, 1.165) is 6.42 Å². The second kappa shape index (κ2) is 7.43. The van der Waals surface area contributed by atoms with Gasteiger partial charge in [-0.2, -0.15) is 0 Å². The van der Waals surface area contributed by atoms with Crippen LogP contribution >= 0.6 is 0 Å². The molecule has 1 aliphatic rings. The molecule has 1 saturated heterocycles. The monoisotopic (exact) mass is 299 g/mol. The standard InChI is InChI=1S/C15H25NO5/c1-5-20-13(18)11-10-16(9-7-6-8-12(11)17)14(19)21-15(2,3)4/h11H,5-10H2,1-4H3. The lowest BCUT2D eigenvalue weighted by atomic mass is 9.96. The van der Waals surface area contributed by atoms with Crippen LogP contribution in [0.1, 0.15) is 47.0 Å². The molecule has 0 aromatic heterocycles. The van der Waals surface area contributed by atoms with E-state index < -0.39 is 23.6 Å². The van der Waals surface area contributed by atoms with Crippen LogP contribution in [-0.4, -0.2) is 48.0 Å². The molecule has 0 aromatic rings. The summed E-state index contributed by atoms with van der Waals surface area (Å²) in [5, 5.41) is 0.